The number of unbranched alkanes of at least 4 members (excludes halogenated alkanes) is 10. The Morgan fingerprint density at radius 3 is 1.00 bits per heavy atom. The highest BCUT2D eigenvalue weighted by Gasteiger charge is 2.77. The van der Waals surface area contributed by atoms with Gasteiger partial charge in [0.25, 0.3) is 0 Å². The van der Waals surface area contributed by atoms with Crippen molar-refractivity contribution in [1.29, 1.82) is 0 Å². The van der Waals surface area contributed by atoms with Gasteiger partial charge in [-0.15, -0.1) is 0 Å². The first-order chi connectivity index (χ1) is 14.1. The average Bonchev–Trinajstić information content (AvgIpc) is 2.64. The lowest BCUT2D eigenvalue weighted by Crippen LogP contribution is -2.60. The zero-order valence-electron chi connectivity index (χ0n) is 18.1. The maximum absolute atomic E-state index is 14.9. The molecule has 0 rings (SSSR count). The van der Waals surface area contributed by atoms with E-state index in [9.17, 15) is 43.5 Å². The minimum atomic E-state index is -6.96. The summed E-state index contributed by atoms with van der Waals surface area (Å²) in [6.45, 7) is 3.76. The minimum Gasteiger partial charge on any atom is -0.221 e. The van der Waals surface area contributed by atoms with Crippen molar-refractivity contribution in [3.63, 3.8) is 0 Å². The molecule has 0 aliphatic rings. The molecule has 0 aromatic rings. The smallest absolute Gasteiger partial charge is 0.221 e. The lowest BCUT2D eigenvalue weighted by Gasteiger charge is -2.36. The highest BCUT2D eigenvalue weighted by Crippen LogP contribution is 2.53. The standard InChI is InChI=1S/C20H34F8O2S/c1-3-5-7-9-11-13-15-17(21,19(23,24)25)31(29,30)18(22,20(26,27)28)16-14-12-10-8-6-4-2/h3-16H2,1-2H3. The fourth-order valence-electron chi connectivity index (χ4n) is 3.38. The number of rotatable bonds is 16. The van der Waals surface area contributed by atoms with Gasteiger partial charge in [-0.3, -0.25) is 0 Å². The van der Waals surface area contributed by atoms with Gasteiger partial charge in [-0.25, -0.2) is 17.2 Å². The second-order valence-corrected chi connectivity index (χ2v) is 10.3. The summed E-state index contributed by atoms with van der Waals surface area (Å²) in [6, 6.07) is 0. The summed E-state index contributed by atoms with van der Waals surface area (Å²) < 4.78 is 135. The van der Waals surface area contributed by atoms with Gasteiger partial charge in [-0.2, -0.15) is 26.3 Å². The van der Waals surface area contributed by atoms with Gasteiger partial charge in [-0.05, 0) is 12.8 Å². The third kappa shape index (κ3) is 7.74. The molecule has 0 aliphatic heterocycles. The molecule has 0 amide bonds. The lowest BCUT2D eigenvalue weighted by atomic mass is 10.1. The summed E-state index contributed by atoms with van der Waals surface area (Å²) >= 11 is 0. The van der Waals surface area contributed by atoms with E-state index in [0.29, 0.717) is 25.7 Å². The van der Waals surface area contributed by atoms with E-state index in [1.807, 2.05) is 13.8 Å². The van der Waals surface area contributed by atoms with E-state index in [4.69, 9.17) is 0 Å². The molecular weight excluding hydrogens is 456 g/mol. The Labute approximate surface area is 180 Å². The van der Waals surface area contributed by atoms with E-state index < -0.39 is 57.9 Å². The van der Waals surface area contributed by atoms with Crippen LogP contribution in [0.4, 0.5) is 35.1 Å². The van der Waals surface area contributed by atoms with Crippen LogP contribution in [0, 0.1) is 0 Å². The van der Waals surface area contributed by atoms with Crippen LogP contribution in [-0.4, -0.2) is 30.8 Å². The zero-order valence-corrected chi connectivity index (χ0v) is 19.0. The average molecular weight is 491 g/mol. The van der Waals surface area contributed by atoms with E-state index in [1.54, 1.807) is 0 Å². The Morgan fingerprint density at radius 2 is 0.742 bits per heavy atom. The minimum absolute atomic E-state index is 0.00000213. The summed E-state index contributed by atoms with van der Waals surface area (Å²) in [4.78, 5) is 0. The molecule has 0 aliphatic carbocycles. The highest BCUT2D eigenvalue weighted by molar-refractivity contribution is 7.94. The molecule has 0 fully saturated rings. The molecule has 0 aromatic carbocycles. The molecule has 2 unspecified atom stereocenters. The Bertz CT molecular complexity index is 557. The second-order valence-electron chi connectivity index (χ2n) is 7.99. The fourth-order valence-corrected chi connectivity index (χ4v) is 5.33. The summed E-state index contributed by atoms with van der Waals surface area (Å²) in [5, 5.41) is -10.6. The van der Waals surface area contributed by atoms with Gasteiger partial charge >= 0.3 is 22.4 Å². The summed E-state index contributed by atoms with van der Waals surface area (Å²) in [5.41, 5.74) is 0. The van der Waals surface area contributed by atoms with Crippen LogP contribution in [0.15, 0.2) is 0 Å². The Kier molecular flexibility index (Phi) is 12.3. The van der Waals surface area contributed by atoms with Crippen LogP contribution in [0.25, 0.3) is 0 Å². The van der Waals surface area contributed by atoms with Crippen molar-refractivity contribution in [1.82, 2.24) is 0 Å². The third-order valence-electron chi connectivity index (χ3n) is 5.40. The topological polar surface area (TPSA) is 34.1 Å². The number of sulfone groups is 1. The van der Waals surface area contributed by atoms with Crippen molar-refractivity contribution in [3.05, 3.63) is 0 Å². The first-order valence-corrected chi connectivity index (χ1v) is 12.4. The van der Waals surface area contributed by atoms with Gasteiger partial charge in [0.05, 0.1) is 0 Å². The van der Waals surface area contributed by atoms with E-state index >= 15 is 0 Å². The van der Waals surface area contributed by atoms with E-state index in [0.717, 1.165) is 25.7 Å². The molecule has 0 N–H and O–H groups in total. The molecular formula is C20H34F8O2S. The predicted molar refractivity (Wildman–Crippen MR) is 105 cm³/mol. The first-order valence-electron chi connectivity index (χ1n) is 10.9. The quantitative estimate of drug-likeness (QED) is 0.161. The van der Waals surface area contributed by atoms with Gasteiger partial charge in [0.1, 0.15) is 0 Å². The number of hydrogen-bond acceptors (Lipinski definition) is 2. The van der Waals surface area contributed by atoms with Gasteiger partial charge in [0.2, 0.25) is 9.84 Å². The number of halogens is 8. The SMILES string of the molecule is CCCCCCCCC(F)(C(F)(F)F)S(=O)(=O)C(F)(CCCCCCCC)C(F)(F)F. The molecule has 0 saturated heterocycles. The van der Waals surface area contributed by atoms with Crippen molar-refractivity contribution in [3.8, 4) is 0 Å². The van der Waals surface area contributed by atoms with Gasteiger partial charge < -0.3 is 0 Å². The summed E-state index contributed by atoms with van der Waals surface area (Å²) in [5.74, 6) is 0. The molecule has 31 heavy (non-hydrogen) atoms. The normalized spacial score (nSPS) is 17.4. The van der Waals surface area contributed by atoms with Crippen LogP contribution in [0.3, 0.4) is 0 Å². The van der Waals surface area contributed by atoms with E-state index in [2.05, 4.69) is 0 Å². The maximum Gasteiger partial charge on any atom is 0.437 e. The summed E-state index contributed by atoms with van der Waals surface area (Å²) in [6.07, 6.45) is -12.0. The molecule has 0 heterocycles. The van der Waals surface area contributed by atoms with Crippen LogP contribution >= 0.6 is 0 Å². The van der Waals surface area contributed by atoms with Gasteiger partial charge in [-0.1, -0.05) is 78.1 Å². The largest absolute Gasteiger partial charge is 0.437 e. The van der Waals surface area contributed by atoms with E-state index in [-0.39, 0.29) is 12.8 Å². The van der Waals surface area contributed by atoms with Crippen molar-refractivity contribution in [2.75, 3.05) is 0 Å². The highest BCUT2D eigenvalue weighted by atomic mass is 32.2. The summed E-state index contributed by atoms with van der Waals surface area (Å²) in [7, 11) is -6.96. The molecule has 2 atom stereocenters. The van der Waals surface area contributed by atoms with Gasteiger partial charge in [0, 0.05) is 12.8 Å². The molecule has 0 aromatic heterocycles. The molecule has 0 radical (unpaired) electrons. The lowest BCUT2D eigenvalue weighted by molar-refractivity contribution is -0.217. The first kappa shape index (κ1) is 30.4. The van der Waals surface area contributed by atoms with Crippen LogP contribution in [0.5, 0.6) is 0 Å². The monoisotopic (exact) mass is 490 g/mol. The zero-order chi connectivity index (χ0) is 24.4. The molecule has 11 heteroatoms. The molecule has 2 nitrogen and oxygen atoms in total. The molecule has 0 saturated carbocycles. The number of alkyl halides is 8. The third-order valence-corrected chi connectivity index (χ3v) is 7.98. The fraction of sp³-hybridized carbons (Fsp3) is 1.00. The van der Waals surface area contributed by atoms with Crippen molar-refractivity contribution < 1.29 is 43.5 Å². The Balaban J connectivity index is 5.65. The predicted octanol–water partition coefficient (Wildman–Crippen LogP) is 8.36. The van der Waals surface area contributed by atoms with E-state index in [1.165, 1.54) is 0 Å². The Hall–Kier alpha value is -0.610. The maximum atomic E-state index is 14.9. The molecule has 0 spiro atoms. The second kappa shape index (κ2) is 12.6. The van der Waals surface area contributed by atoms with Crippen molar-refractivity contribution in [2.45, 2.75) is 126 Å². The van der Waals surface area contributed by atoms with Crippen LogP contribution in [0.2, 0.25) is 0 Å². The molecule has 188 valence electrons. The van der Waals surface area contributed by atoms with Crippen LogP contribution in [0.1, 0.15) is 104 Å². The van der Waals surface area contributed by atoms with Gasteiger partial charge in [0.15, 0.2) is 0 Å². The Morgan fingerprint density at radius 1 is 0.484 bits per heavy atom. The van der Waals surface area contributed by atoms with Crippen molar-refractivity contribution >= 4 is 9.84 Å². The molecule has 0 bridgehead atoms. The van der Waals surface area contributed by atoms with Crippen LogP contribution in [-0.2, 0) is 9.84 Å². The number of hydrogen-bond donors (Lipinski definition) is 0. The van der Waals surface area contributed by atoms with Crippen molar-refractivity contribution in [2.24, 2.45) is 0 Å². The van der Waals surface area contributed by atoms with Crippen LogP contribution < -0.4 is 0 Å².